The lowest BCUT2D eigenvalue weighted by atomic mass is 10.3. The number of rotatable bonds is 0. The lowest BCUT2D eigenvalue weighted by Gasteiger charge is -1.94. The zero-order valence-corrected chi connectivity index (χ0v) is 7.12. The van der Waals surface area contributed by atoms with Gasteiger partial charge < -0.3 is 5.73 Å². The number of anilines is 1. The molecule has 0 aliphatic heterocycles. The second-order valence-electron chi connectivity index (χ2n) is 2.20. The summed E-state index contributed by atoms with van der Waals surface area (Å²) >= 11 is 7.29. The Morgan fingerprint density at radius 2 is 2.27 bits per heavy atom. The van der Waals surface area contributed by atoms with Crippen molar-refractivity contribution in [3.63, 3.8) is 0 Å². The molecule has 2 N–H and O–H groups in total. The number of aromatic nitrogens is 1. The summed E-state index contributed by atoms with van der Waals surface area (Å²) in [5, 5.41) is 0.640. The maximum absolute atomic E-state index is 5.77. The molecule has 1 aromatic carbocycles. The molecule has 0 unspecified atom stereocenters. The molecule has 0 saturated carbocycles. The van der Waals surface area contributed by atoms with E-state index in [1.54, 1.807) is 11.6 Å². The van der Waals surface area contributed by atoms with Crippen molar-refractivity contribution < 1.29 is 0 Å². The Morgan fingerprint density at radius 1 is 1.45 bits per heavy atom. The number of halogens is 1. The fourth-order valence-electron chi connectivity index (χ4n) is 0.960. The van der Waals surface area contributed by atoms with Gasteiger partial charge in [-0.1, -0.05) is 11.6 Å². The average Bonchev–Trinajstić information content (AvgIpc) is 2.34. The summed E-state index contributed by atoms with van der Waals surface area (Å²) in [6, 6.07) is 3.55. The summed E-state index contributed by atoms with van der Waals surface area (Å²) in [6.07, 6.45) is 0. The summed E-state index contributed by atoms with van der Waals surface area (Å²) < 4.78 is 1.01. The standard InChI is InChI=1S/C7H5ClN2S/c8-4-1-5(9)7-6(2-4)10-3-11-7/h1-3H,9H2. The molecule has 0 amide bonds. The van der Waals surface area contributed by atoms with Gasteiger partial charge in [0.05, 0.1) is 21.4 Å². The van der Waals surface area contributed by atoms with Crippen LogP contribution < -0.4 is 5.73 Å². The van der Waals surface area contributed by atoms with Crippen molar-refractivity contribution in [2.75, 3.05) is 5.73 Å². The third-order valence-corrected chi connectivity index (χ3v) is 2.53. The molecule has 2 rings (SSSR count). The second kappa shape index (κ2) is 2.36. The van der Waals surface area contributed by atoms with E-state index in [0.717, 1.165) is 10.2 Å². The van der Waals surface area contributed by atoms with Crippen LogP contribution >= 0.6 is 22.9 Å². The largest absolute Gasteiger partial charge is 0.397 e. The van der Waals surface area contributed by atoms with Gasteiger partial charge in [0.15, 0.2) is 0 Å². The smallest absolute Gasteiger partial charge is 0.0847 e. The molecule has 2 aromatic rings. The van der Waals surface area contributed by atoms with Crippen LogP contribution in [0.2, 0.25) is 5.02 Å². The number of hydrogen-bond donors (Lipinski definition) is 1. The first-order chi connectivity index (χ1) is 5.27. The Kier molecular flexibility index (Phi) is 1.47. The highest BCUT2D eigenvalue weighted by Gasteiger charge is 2.01. The number of nitrogens with two attached hydrogens (primary N) is 1. The number of thiazole rings is 1. The van der Waals surface area contributed by atoms with E-state index < -0.39 is 0 Å². The zero-order valence-electron chi connectivity index (χ0n) is 5.54. The van der Waals surface area contributed by atoms with Crippen LogP contribution in [0.25, 0.3) is 10.2 Å². The Hall–Kier alpha value is -0.800. The number of fused-ring (bicyclic) bond motifs is 1. The summed E-state index contributed by atoms with van der Waals surface area (Å²) in [7, 11) is 0. The molecule has 1 aromatic heterocycles. The van der Waals surface area contributed by atoms with Crippen LogP contribution in [0.15, 0.2) is 17.6 Å². The molecule has 0 spiro atoms. The molecule has 2 nitrogen and oxygen atoms in total. The van der Waals surface area contributed by atoms with E-state index in [2.05, 4.69) is 4.98 Å². The molecule has 1 heterocycles. The average molecular weight is 185 g/mol. The monoisotopic (exact) mass is 184 g/mol. The molecule has 0 fully saturated rings. The molecule has 0 aliphatic rings. The van der Waals surface area contributed by atoms with Crippen molar-refractivity contribution in [1.82, 2.24) is 4.98 Å². The van der Waals surface area contributed by atoms with E-state index in [1.807, 2.05) is 6.07 Å². The van der Waals surface area contributed by atoms with Crippen molar-refractivity contribution in [2.24, 2.45) is 0 Å². The van der Waals surface area contributed by atoms with Crippen molar-refractivity contribution in [3.8, 4) is 0 Å². The third kappa shape index (κ3) is 1.06. The minimum atomic E-state index is 0.640. The molecule has 0 bridgehead atoms. The Labute approximate surface area is 72.6 Å². The van der Waals surface area contributed by atoms with Gasteiger partial charge in [-0.05, 0) is 12.1 Å². The van der Waals surface area contributed by atoms with E-state index in [4.69, 9.17) is 17.3 Å². The van der Waals surface area contributed by atoms with E-state index in [1.165, 1.54) is 11.3 Å². The normalized spacial score (nSPS) is 10.6. The van der Waals surface area contributed by atoms with Gasteiger partial charge >= 0.3 is 0 Å². The maximum Gasteiger partial charge on any atom is 0.0847 e. The molecular weight excluding hydrogens is 180 g/mol. The Bertz CT molecular complexity index is 396. The van der Waals surface area contributed by atoms with Crippen LogP contribution in [-0.4, -0.2) is 4.98 Å². The van der Waals surface area contributed by atoms with Gasteiger partial charge in [0.2, 0.25) is 0 Å². The number of benzene rings is 1. The summed E-state index contributed by atoms with van der Waals surface area (Å²) in [6.45, 7) is 0. The van der Waals surface area contributed by atoms with Crippen molar-refractivity contribution >= 4 is 38.8 Å². The van der Waals surface area contributed by atoms with Crippen LogP contribution in [0.3, 0.4) is 0 Å². The van der Waals surface area contributed by atoms with Crippen LogP contribution in [-0.2, 0) is 0 Å². The molecule has 0 aliphatic carbocycles. The zero-order chi connectivity index (χ0) is 7.84. The van der Waals surface area contributed by atoms with Crippen molar-refractivity contribution in [3.05, 3.63) is 22.7 Å². The molecule has 0 radical (unpaired) electrons. The first-order valence-corrected chi connectivity index (χ1v) is 4.31. The van der Waals surface area contributed by atoms with Crippen molar-refractivity contribution in [2.45, 2.75) is 0 Å². The van der Waals surface area contributed by atoms with Gasteiger partial charge in [-0.2, -0.15) is 0 Å². The summed E-state index contributed by atoms with van der Waals surface area (Å²) in [4.78, 5) is 4.09. The van der Waals surface area contributed by atoms with E-state index in [0.29, 0.717) is 10.7 Å². The Morgan fingerprint density at radius 3 is 3.09 bits per heavy atom. The van der Waals surface area contributed by atoms with Crippen LogP contribution in [0.4, 0.5) is 5.69 Å². The van der Waals surface area contributed by atoms with E-state index in [-0.39, 0.29) is 0 Å². The first kappa shape index (κ1) is 6.88. The fraction of sp³-hybridized carbons (Fsp3) is 0. The predicted octanol–water partition coefficient (Wildman–Crippen LogP) is 2.53. The SMILES string of the molecule is Nc1cc(Cl)cc2ncsc12. The van der Waals surface area contributed by atoms with Crippen molar-refractivity contribution in [1.29, 1.82) is 0 Å². The highest BCUT2D eigenvalue weighted by molar-refractivity contribution is 7.17. The van der Waals surface area contributed by atoms with Gasteiger partial charge in [0, 0.05) is 5.02 Å². The molecule has 56 valence electrons. The highest BCUT2D eigenvalue weighted by Crippen LogP contribution is 2.27. The second-order valence-corrected chi connectivity index (χ2v) is 3.49. The van der Waals surface area contributed by atoms with E-state index in [9.17, 15) is 0 Å². The summed E-state index contributed by atoms with van der Waals surface area (Å²) in [5.74, 6) is 0. The van der Waals surface area contributed by atoms with Gasteiger partial charge in [-0.25, -0.2) is 4.98 Å². The fourth-order valence-corrected chi connectivity index (χ4v) is 1.88. The molecule has 0 saturated heterocycles. The third-order valence-electron chi connectivity index (χ3n) is 1.43. The summed E-state index contributed by atoms with van der Waals surface area (Å²) in [5.41, 5.74) is 9.03. The number of nitrogens with zero attached hydrogens (tertiary/aromatic N) is 1. The van der Waals surface area contributed by atoms with Gasteiger partial charge in [0.25, 0.3) is 0 Å². The number of hydrogen-bond acceptors (Lipinski definition) is 3. The predicted molar refractivity (Wildman–Crippen MR) is 49.0 cm³/mol. The van der Waals surface area contributed by atoms with Gasteiger partial charge in [-0.3, -0.25) is 0 Å². The maximum atomic E-state index is 5.77. The number of nitrogen functional groups attached to an aromatic ring is 1. The molecule has 0 atom stereocenters. The van der Waals surface area contributed by atoms with Crippen LogP contribution in [0.5, 0.6) is 0 Å². The minimum absolute atomic E-state index is 0.640. The van der Waals surface area contributed by atoms with Gasteiger partial charge in [-0.15, -0.1) is 11.3 Å². The highest BCUT2D eigenvalue weighted by atomic mass is 35.5. The first-order valence-electron chi connectivity index (χ1n) is 3.05. The molecule has 11 heavy (non-hydrogen) atoms. The Balaban J connectivity index is 2.91. The quantitative estimate of drug-likeness (QED) is 0.639. The topological polar surface area (TPSA) is 38.9 Å². The van der Waals surface area contributed by atoms with Gasteiger partial charge in [0.1, 0.15) is 0 Å². The minimum Gasteiger partial charge on any atom is -0.397 e. The lowest BCUT2D eigenvalue weighted by Crippen LogP contribution is -1.83. The van der Waals surface area contributed by atoms with Crippen LogP contribution in [0.1, 0.15) is 0 Å². The lowest BCUT2D eigenvalue weighted by molar-refractivity contribution is 1.50. The van der Waals surface area contributed by atoms with Crippen LogP contribution in [0, 0.1) is 0 Å². The molecule has 4 heteroatoms. The van der Waals surface area contributed by atoms with E-state index >= 15 is 0 Å². The molecular formula is C7H5ClN2S.